The molecule has 0 unspecified atom stereocenters. The van der Waals surface area contributed by atoms with Crippen LogP contribution in [0.2, 0.25) is 0 Å². The van der Waals surface area contributed by atoms with Crippen LogP contribution in [0, 0.1) is 0 Å². The van der Waals surface area contributed by atoms with Gasteiger partial charge >= 0.3 is 0 Å². The molecule has 0 aliphatic heterocycles. The van der Waals surface area contributed by atoms with Crippen molar-refractivity contribution in [3.63, 3.8) is 0 Å². The van der Waals surface area contributed by atoms with Gasteiger partial charge in [-0.25, -0.2) is 5.43 Å². The van der Waals surface area contributed by atoms with E-state index in [1.807, 2.05) is 12.1 Å². The largest absolute Gasteiger partial charge is 0.372 e. The molecule has 0 saturated carbocycles. The third kappa shape index (κ3) is 14.0. The van der Waals surface area contributed by atoms with E-state index in [4.69, 9.17) is 0 Å². The molecular formula is C27H47N3O. The fourth-order valence-electron chi connectivity index (χ4n) is 3.90. The standard InChI is InChI=1S/C27H47N3O/c1-4-7-8-9-10-11-12-13-14-15-16-17-18-19-27(31)29-28-24-25-20-22-26(23-21-25)30(5-2)6-3/h20-24H,4-19H2,1-3H3,(H,29,31)/b28-24-. The van der Waals surface area contributed by atoms with Crippen LogP contribution in [0.5, 0.6) is 0 Å². The smallest absolute Gasteiger partial charge is 0.240 e. The minimum atomic E-state index is 0.0130. The molecule has 0 aliphatic rings. The van der Waals surface area contributed by atoms with Gasteiger partial charge in [0.25, 0.3) is 0 Å². The predicted molar refractivity (Wildman–Crippen MR) is 136 cm³/mol. The predicted octanol–water partition coefficient (Wildman–Crippen LogP) is 7.46. The van der Waals surface area contributed by atoms with Gasteiger partial charge in [-0.2, -0.15) is 5.10 Å². The third-order valence-corrected chi connectivity index (χ3v) is 5.93. The maximum atomic E-state index is 11.9. The van der Waals surface area contributed by atoms with E-state index in [0.29, 0.717) is 6.42 Å². The molecule has 0 saturated heterocycles. The molecule has 1 aromatic carbocycles. The van der Waals surface area contributed by atoms with Gasteiger partial charge in [-0.15, -0.1) is 0 Å². The minimum Gasteiger partial charge on any atom is -0.372 e. The average molecular weight is 430 g/mol. The highest BCUT2D eigenvalue weighted by Crippen LogP contribution is 2.14. The van der Waals surface area contributed by atoms with Gasteiger partial charge in [-0.05, 0) is 38.0 Å². The minimum absolute atomic E-state index is 0.0130. The van der Waals surface area contributed by atoms with Crippen LogP contribution in [0.25, 0.3) is 0 Å². The van der Waals surface area contributed by atoms with Gasteiger partial charge in [-0.1, -0.05) is 96.1 Å². The Morgan fingerprint density at radius 1 is 0.774 bits per heavy atom. The van der Waals surface area contributed by atoms with E-state index in [2.05, 4.69) is 48.3 Å². The first kappa shape index (κ1) is 27.2. The monoisotopic (exact) mass is 429 g/mol. The molecule has 1 aromatic rings. The van der Waals surface area contributed by atoms with Gasteiger partial charge < -0.3 is 4.90 Å². The topological polar surface area (TPSA) is 44.7 Å². The Morgan fingerprint density at radius 3 is 1.74 bits per heavy atom. The van der Waals surface area contributed by atoms with Crippen molar-refractivity contribution in [3.05, 3.63) is 29.8 Å². The van der Waals surface area contributed by atoms with Crippen molar-refractivity contribution in [2.24, 2.45) is 5.10 Å². The van der Waals surface area contributed by atoms with E-state index < -0.39 is 0 Å². The SMILES string of the molecule is CCCCCCCCCCCCCCCC(=O)N/N=C\c1ccc(N(CC)CC)cc1. The summed E-state index contributed by atoms with van der Waals surface area (Å²) in [5.74, 6) is 0.0130. The summed E-state index contributed by atoms with van der Waals surface area (Å²) < 4.78 is 0. The zero-order valence-electron chi connectivity index (χ0n) is 20.5. The second-order valence-corrected chi connectivity index (χ2v) is 8.55. The molecule has 4 heteroatoms. The number of rotatable bonds is 19. The number of amides is 1. The Kier molecular flexibility index (Phi) is 16.6. The molecule has 176 valence electrons. The summed E-state index contributed by atoms with van der Waals surface area (Å²) in [6.07, 6.45) is 19.4. The van der Waals surface area contributed by atoms with Crippen LogP contribution in [0.4, 0.5) is 5.69 Å². The zero-order valence-corrected chi connectivity index (χ0v) is 20.5. The van der Waals surface area contributed by atoms with Gasteiger partial charge in [0.2, 0.25) is 5.91 Å². The van der Waals surface area contributed by atoms with Crippen molar-refractivity contribution in [1.82, 2.24) is 5.43 Å². The number of hydrogen-bond acceptors (Lipinski definition) is 3. The number of carbonyl (C=O) groups is 1. The zero-order chi connectivity index (χ0) is 22.6. The number of hydrazone groups is 1. The summed E-state index contributed by atoms with van der Waals surface area (Å²) in [5.41, 5.74) is 4.87. The Morgan fingerprint density at radius 2 is 1.26 bits per heavy atom. The van der Waals surface area contributed by atoms with Gasteiger partial charge in [0, 0.05) is 25.2 Å². The molecular weight excluding hydrogens is 382 g/mol. The molecule has 0 heterocycles. The van der Waals surface area contributed by atoms with Crippen molar-refractivity contribution >= 4 is 17.8 Å². The van der Waals surface area contributed by atoms with Crippen LogP contribution < -0.4 is 10.3 Å². The van der Waals surface area contributed by atoms with Crippen LogP contribution in [0.15, 0.2) is 29.4 Å². The van der Waals surface area contributed by atoms with Crippen molar-refractivity contribution < 1.29 is 4.79 Å². The van der Waals surface area contributed by atoms with E-state index in [1.165, 1.54) is 76.3 Å². The molecule has 0 bridgehead atoms. The van der Waals surface area contributed by atoms with Crippen molar-refractivity contribution in [3.8, 4) is 0 Å². The van der Waals surface area contributed by atoms with Gasteiger partial charge in [0.05, 0.1) is 6.21 Å². The Hall–Kier alpha value is -1.84. The summed E-state index contributed by atoms with van der Waals surface area (Å²) >= 11 is 0. The first-order valence-electron chi connectivity index (χ1n) is 12.9. The van der Waals surface area contributed by atoms with E-state index >= 15 is 0 Å². The van der Waals surface area contributed by atoms with E-state index in [1.54, 1.807) is 6.21 Å². The van der Waals surface area contributed by atoms with Crippen molar-refractivity contribution in [2.45, 2.75) is 111 Å². The van der Waals surface area contributed by atoms with Gasteiger partial charge in [0.1, 0.15) is 0 Å². The van der Waals surface area contributed by atoms with Crippen LogP contribution in [0.1, 0.15) is 116 Å². The summed E-state index contributed by atoms with van der Waals surface area (Å²) in [5, 5.41) is 4.10. The van der Waals surface area contributed by atoms with E-state index in [-0.39, 0.29) is 5.91 Å². The first-order valence-corrected chi connectivity index (χ1v) is 12.9. The van der Waals surface area contributed by atoms with E-state index in [9.17, 15) is 4.79 Å². The molecule has 4 nitrogen and oxygen atoms in total. The first-order chi connectivity index (χ1) is 15.2. The Balaban J connectivity index is 2.00. The number of carbonyl (C=O) groups excluding carboxylic acids is 1. The molecule has 0 spiro atoms. The maximum absolute atomic E-state index is 11.9. The molecule has 1 amide bonds. The number of anilines is 1. The number of nitrogens with one attached hydrogen (secondary N) is 1. The van der Waals surface area contributed by atoms with Crippen LogP contribution in [-0.4, -0.2) is 25.2 Å². The molecule has 0 aromatic heterocycles. The molecule has 0 fully saturated rings. The molecule has 0 radical (unpaired) electrons. The summed E-state index contributed by atoms with van der Waals surface area (Å²) in [7, 11) is 0. The third-order valence-electron chi connectivity index (χ3n) is 5.93. The van der Waals surface area contributed by atoms with Crippen LogP contribution in [-0.2, 0) is 4.79 Å². The lowest BCUT2D eigenvalue weighted by molar-refractivity contribution is -0.121. The Labute approximate surface area is 191 Å². The fourth-order valence-corrected chi connectivity index (χ4v) is 3.90. The van der Waals surface area contributed by atoms with Crippen molar-refractivity contribution in [1.29, 1.82) is 0 Å². The summed E-state index contributed by atoms with van der Waals surface area (Å²) in [6, 6.07) is 8.28. The number of unbranched alkanes of at least 4 members (excludes halogenated alkanes) is 12. The van der Waals surface area contributed by atoms with Gasteiger partial charge in [0.15, 0.2) is 0 Å². The van der Waals surface area contributed by atoms with Crippen LogP contribution >= 0.6 is 0 Å². The lowest BCUT2D eigenvalue weighted by atomic mass is 10.0. The number of benzene rings is 1. The average Bonchev–Trinajstić information content (AvgIpc) is 2.79. The molecule has 31 heavy (non-hydrogen) atoms. The quantitative estimate of drug-likeness (QED) is 0.141. The normalized spacial score (nSPS) is 11.2. The second-order valence-electron chi connectivity index (χ2n) is 8.55. The lowest BCUT2D eigenvalue weighted by Gasteiger charge is -2.20. The Bertz CT molecular complexity index is 579. The highest BCUT2D eigenvalue weighted by molar-refractivity contribution is 5.82. The lowest BCUT2D eigenvalue weighted by Crippen LogP contribution is -2.21. The number of nitrogens with zero attached hydrogens (tertiary/aromatic N) is 2. The van der Waals surface area contributed by atoms with Crippen LogP contribution in [0.3, 0.4) is 0 Å². The van der Waals surface area contributed by atoms with Crippen molar-refractivity contribution in [2.75, 3.05) is 18.0 Å². The molecule has 0 aliphatic carbocycles. The molecule has 1 N–H and O–H groups in total. The molecule has 1 rings (SSSR count). The second kappa shape index (κ2) is 18.9. The highest BCUT2D eigenvalue weighted by atomic mass is 16.2. The summed E-state index contributed by atoms with van der Waals surface area (Å²) in [4.78, 5) is 14.2. The summed E-state index contributed by atoms with van der Waals surface area (Å²) in [6.45, 7) is 8.59. The van der Waals surface area contributed by atoms with E-state index in [0.717, 1.165) is 31.5 Å². The fraction of sp³-hybridized carbons (Fsp3) is 0.704. The highest BCUT2D eigenvalue weighted by Gasteiger charge is 2.01. The number of hydrogen-bond donors (Lipinski definition) is 1. The maximum Gasteiger partial charge on any atom is 0.240 e. The van der Waals surface area contributed by atoms with Gasteiger partial charge in [-0.3, -0.25) is 4.79 Å². The molecule has 0 atom stereocenters.